The number of ether oxygens (including phenoxy) is 1. The lowest BCUT2D eigenvalue weighted by atomic mass is 10.1. The van der Waals surface area contributed by atoms with Crippen molar-refractivity contribution in [3.05, 3.63) is 53.4 Å². The zero-order chi connectivity index (χ0) is 16.5. The molecule has 2 unspecified atom stereocenters. The lowest BCUT2D eigenvalue weighted by Crippen LogP contribution is -2.16. The van der Waals surface area contributed by atoms with Crippen molar-refractivity contribution in [1.29, 1.82) is 0 Å². The molecule has 1 aromatic carbocycles. The fourth-order valence-corrected chi connectivity index (χ4v) is 3.59. The standard InChI is InChI=1S/C18H17N3O2S/c1-2-23-18-19-16(15-9-6-10-24-15)21(20-18)17(22)14-11-13(14)12-7-4-3-5-8-12/h3-10,13-14H,2,11H2,1H3. The third kappa shape index (κ3) is 2.73. The Morgan fingerprint density at radius 1 is 1.29 bits per heavy atom. The van der Waals surface area contributed by atoms with E-state index in [0.717, 1.165) is 11.3 Å². The zero-order valence-corrected chi connectivity index (χ0v) is 14.1. The predicted molar refractivity (Wildman–Crippen MR) is 92.4 cm³/mol. The number of hydrogen-bond acceptors (Lipinski definition) is 5. The molecule has 0 radical (unpaired) electrons. The second-order valence-electron chi connectivity index (χ2n) is 5.74. The van der Waals surface area contributed by atoms with Gasteiger partial charge in [-0.05, 0) is 36.3 Å². The second-order valence-corrected chi connectivity index (χ2v) is 6.69. The van der Waals surface area contributed by atoms with Crippen molar-refractivity contribution in [2.75, 3.05) is 6.61 Å². The molecule has 1 fully saturated rings. The van der Waals surface area contributed by atoms with Gasteiger partial charge in [0.15, 0.2) is 5.82 Å². The van der Waals surface area contributed by atoms with Gasteiger partial charge in [0.2, 0.25) is 0 Å². The van der Waals surface area contributed by atoms with Crippen LogP contribution in [0.3, 0.4) is 0 Å². The normalized spacial score (nSPS) is 19.2. The van der Waals surface area contributed by atoms with Gasteiger partial charge in [0.1, 0.15) is 0 Å². The lowest BCUT2D eigenvalue weighted by molar-refractivity contribution is 0.0867. The van der Waals surface area contributed by atoms with Crippen LogP contribution in [-0.2, 0) is 0 Å². The van der Waals surface area contributed by atoms with E-state index in [-0.39, 0.29) is 23.8 Å². The molecule has 2 atom stereocenters. The van der Waals surface area contributed by atoms with Crippen molar-refractivity contribution in [2.24, 2.45) is 5.92 Å². The summed E-state index contributed by atoms with van der Waals surface area (Å²) in [5, 5.41) is 6.25. The summed E-state index contributed by atoms with van der Waals surface area (Å²) in [5.74, 6) is 0.791. The summed E-state index contributed by atoms with van der Waals surface area (Å²) >= 11 is 1.54. The zero-order valence-electron chi connectivity index (χ0n) is 13.3. The number of thiophene rings is 1. The van der Waals surface area contributed by atoms with E-state index in [0.29, 0.717) is 12.4 Å². The first kappa shape index (κ1) is 15.1. The monoisotopic (exact) mass is 339 g/mol. The van der Waals surface area contributed by atoms with Crippen molar-refractivity contribution in [2.45, 2.75) is 19.3 Å². The molecule has 24 heavy (non-hydrogen) atoms. The third-order valence-electron chi connectivity index (χ3n) is 4.15. The highest BCUT2D eigenvalue weighted by atomic mass is 32.1. The lowest BCUT2D eigenvalue weighted by Gasteiger charge is -2.03. The number of aromatic nitrogens is 3. The highest BCUT2D eigenvalue weighted by Crippen LogP contribution is 2.48. The molecule has 5 nitrogen and oxygen atoms in total. The second kappa shape index (κ2) is 6.20. The van der Waals surface area contributed by atoms with Crippen LogP contribution in [0.1, 0.15) is 29.6 Å². The minimum Gasteiger partial charge on any atom is -0.463 e. The molecular formula is C18H17N3O2S. The Hall–Kier alpha value is -2.47. The van der Waals surface area contributed by atoms with Crippen LogP contribution < -0.4 is 4.74 Å². The molecule has 3 aromatic rings. The molecular weight excluding hydrogens is 322 g/mol. The minimum absolute atomic E-state index is 0.00861. The first-order chi connectivity index (χ1) is 11.8. The molecule has 6 heteroatoms. The summed E-state index contributed by atoms with van der Waals surface area (Å²) in [6, 6.07) is 14.3. The van der Waals surface area contributed by atoms with Gasteiger partial charge in [0.25, 0.3) is 5.91 Å². The highest BCUT2D eigenvalue weighted by molar-refractivity contribution is 7.13. The molecule has 1 aliphatic carbocycles. The minimum atomic E-state index is -0.0395. The van der Waals surface area contributed by atoms with Gasteiger partial charge < -0.3 is 4.74 Å². The maximum Gasteiger partial charge on any atom is 0.336 e. The van der Waals surface area contributed by atoms with Crippen LogP contribution in [-0.4, -0.2) is 27.3 Å². The summed E-state index contributed by atoms with van der Waals surface area (Å²) in [4.78, 5) is 18.2. The van der Waals surface area contributed by atoms with Crippen LogP contribution in [0.2, 0.25) is 0 Å². The van der Waals surface area contributed by atoms with Crippen LogP contribution in [0.4, 0.5) is 0 Å². The van der Waals surface area contributed by atoms with Crippen molar-refractivity contribution in [1.82, 2.24) is 14.8 Å². The van der Waals surface area contributed by atoms with Crippen molar-refractivity contribution in [3.8, 4) is 16.7 Å². The molecule has 1 aliphatic rings. The van der Waals surface area contributed by atoms with E-state index >= 15 is 0 Å². The van der Waals surface area contributed by atoms with Crippen LogP contribution in [0.15, 0.2) is 47.8 Å². The maximum absolute atomic E-state index is 12.9. The third-order valence-corrected chi connectivity index (χ3v) is 5.01. The van der Waals surface area contributed by atoms with Crippen molar-refractivity contribution in [3.63, 3.8) is 0 Å². The van der Waals surface area contributed by atoms with Crippen molar-refractivity contribution >= 4 is 17.2 Å². The molecule has 0 N–H and O–H groups in total. The van der Waals surface area contributed by atoms with Gasteiger partial charge in [-0.25, -0.2) is 0 Å². The summed E-state index contributed by atoms with van der Waals surface area (Å²) < 4.78 is 6.82. The molecule has 0 bridgehead atoms. The number of hydrogen-bond donors (Lipinski definition) is 0. The molecule has 0 aliphatic heterocycles. The van der Waals surface area contributed by atoms with Crippen LogP contribution in [0, 0.1) is 5.92 Å². The van der Waals surface area contributed by atoms with E-state index in [2.05, 4.69) is 22.2 Å². The Morgan fingerprint density at radius 3 is 2.83 bits per heavy atom. The van der Waals surface area contributed by atoms with E-state index in [1.54, 1.807) is 0 Å². The Labute approximate surface area is 143 Å². The van der Waals surface area contributed by atoms with E-state index in [9.17, 15) is 4.79 Å². The van der Waals surface area contributed by atoms with E-state index in [1.165, 1.54) is 21.6 Å². The molecule has 122 valence electrons. The summed E-state index contributed by atoms with van der Waals surface area (Å²) in [5.41, 5.74) is 1.21. The SMILES string of the molecule is CCOc1nc(-c2cccs2)n(C(=O)C2CC2c2ccccc2)n1. The Bertz CT molecular complexity index is 843. The molecule has 2 aromatic heterocycles. The number of carbonyl (C=O) groups excluding carboxylic acids is 1. The van der Waals surface area contributed by atoms with Crippen LogP contribution in [0.5, 0.6) is 6.01 Å². The molecule has 0 spiro atoms. The summed E-state index contributed by atoms with van der Waals surface area (Å²) in [6.45, 7) is 2.35. The van der Waals surface area contributed by atoms with Gasteiger partial charge in [-0.15, -0.1) is 16.4 Å². The van der Waals surface area contributed by atoms with E-state index in [4.69, 9.17) is 4.74 Å². The van der Waals surface area contributed by atoms with Gasteiger partial charge in [-0.1, -0.05) is 36.4 Å². The topological polar surface area (TPSA) is 57.0 Å². The summed E-state index contributed by atoms with van der Waals surface area (Å²) in [6.07, 6.45) is 0.858. The van der Waals surface area contributed by atoms with Crippen LogP contribution >= 0.6 is 11.3 Å². The van der Waals surface area contributed by atoms with Gasteiger partial charge >= 0.3 is 6.01 Å². The quantitative estimate of drug-likeness (QED) is 0.708. The maximum atomic E-state index is 12.9. The molecule has 2 heterocycles. The average Bonchev–Trinajstić information content (AvgIpc) is 3.02. The number of benzene rings is 1. The number of carbonyl (C=O) groups is 1. The highest BCUT2D eigenvalue weighted by Gasteiger charge is 2.45. The Morgan fingerprint density at radius 2 is 2.12 bits per heavy atom. The molecule has 0 amide bonds. The van der Waals surface area contributed by atoms with Gasteiger partial charge in [0, 0.05) is 5.92 Å². The average molecular weight is 339 g/mol. The largest absolute Gasteiger partial charge is 0.463 e. The molecule has 0 saturated heterocycles. The van der Waals surface area contributed by atoms with E-state index < -0.39 is 0 Å². The van der Waals surface area contributed by atoms with E-state index in [1.807, 2.05) is 42.6 Å². The smallest absolute Gasteiger partial charge is 0.336 e. The Balaban J connectivity index is 1.63. The predicted octanol–water partition coefficient (Wildman–Crippen LogP) is 3.85. The summed E-state index contributed by atoms with van der Waals surface area (Å²) in [7, 11) is 0. The first-order valence-corrected chi connectivity index (χ1v) is 8.88. The molecule has 1 saturated carbocycles. The number of rotatable bonds is 5. The van der Waals surface area contributed by atoms with Crippen LogP contribution in [0.25, 0.3) is 10.7 Å². The first-order valence-electron chi connectivity index (χ1n) is 8.01. The van der Waals surface area contributed by atoms with Gasteiger partial charge in [-0.2, -0.15) is 9.67 Å². The Kier molecular flexibility index (Phi) is 3.90. The fraction of sp³-hybridized carbons (Fsp3) is 0.278. The van der Waals surface area contributed by atoms with Crippen molar-refractivity contribution < 1.29 is 9.53 Å². The number of nitrogens with zero attached hydrogens (tertiary/aromatic N) is 3. The van der Waals surface area contributed by atoms with Gasteiger partial charge in [-0.3, -0.25) is 4.79 Å². The fourth-order valence-electron chi connectivity index (χ4n) is 2.90. The van der Waals surface area contributed by atoms with Gasteiger partial charge in [0.05, 0.1) is 11.5 Å². The molecule has 4 rings (SSSR count).